The molecule has 1 atom stereocenters. The maximum Gasteiger partial charge on any atom is 0.123 e. The molecule has 0 saturated heterocycles. The molecule has 80 valence electrons. The maximum absolute atomic E-state index is 12.7. The molecule has 1 aromatic rings. The van der Waals surface area contributed by atoms with E-state index < -0.39 is 0 Å². The Morgan fingerprint density at radius 1 is 1.27 bits per heavy atom. The Kier molecular flexibility index (Phi) is 3.51. The fraction of sp³-hybridized carbons (Fsp3) is 0.385. The molecule has 0 heterocycles. The van der Waals surface area contributed by atoms with Crippen molar-refractivity contribution in [1.29, 1.82) is 0 Å². The fourth-order valence-electron chi connectivity index (χ4n) is 1.83. The number of halogens is 1. The second-order valence-electron chi connectivity index (χ2n) is 3.97. The van der Waals surface area contributed by atoms with Crippen LogP contribution in [-0.2, 0) is 6.54 Å². The molecular formula is C13H16FN. The monoisotopic (exact) mass is 205 g/mol. The van der Waals surface area contributed by atoms with Gasteiger partial charge in [-0.05, 0) is 37.0 Å². The minimum absolute atomic E-state index is 0.170. The minimum atomic E-state index is -0.170. The molecule has 0 fully saturated rings. The molecule has 0 spiro atoms. The molecule has 0 unspecified atom stereocenters. The molecule has 15 heavy (non-hydrogen) atoms. The van der Waals surface area contributed by atoms with Crippen molar-refractivity contribution < 1.29 is 4.39 Å². The molecule has 1 nitrogen and oxygen atoms in total. The first-order valence-corrected chi connectivity index (χ1v) is 5.49. The summed E-state index contributed by atoms with van der Waals surface area (Å²) in [6.45, 7) is 0.815. The third kappa shape index (κ3) is 3.17. The molecule has 1 aliphatic carbocycles. The standard InChI is InChI=1S/C13H16FN/c14-12-8-6-11(7-9-12)10-15-13-4-2-1-3-5-13/h2,4,6-9,13,15H,1,3,5,10H2/t13-/m0/s1. The number of hydrogen-bond acceptors (Lipinski definition) is 1. The van der Waals surface area contributed by atoms with Crippen LogP contribution in [0.15, 0.2) is 36.4 Å². The number of rotatable bonds is 3. The van der Waals surface area contributed by atoms with Gasteiger partial charge < -0.3 is 5.32 Å². The van der Waals surface area contributed by atoms with Crippen LogP contribution in [0.2, 0.25) is 0 Å². The molecule has 1 aromatic carbocycles. The second-order valence-corrected chi connectivity index (χ2v) is 3.97. The van der Waals surface area contributed by atoms with Gasteiger partial charge in [0.1, 0.15) is 5.82 Å². The van der Waals surface area contributed by atoms with Crippen LogP contribution in [-0.4, -0.2) is 6.04 Å². The highest BCUT2D eigenvalue weighted by Gasteiger charge is 2.06. The molecular weight excluding hydrogens is 189 g/mol. The summed E-state index contributed by atoms with van der Waals surface area (Å²) in [7, 11) is 0. The van der Waals surface area contributed by atoms with Crippen LogP contribution in [0.1, 0.15) is 24.8 Å². The third-order valence-electron chi connectivity index (χ3n) is 2.74. The maximum atomic E-state index is 12.7. The van der Waals surface area contributed by atoms with E-state index in [1.54, 1.807) is 0 Å². The zero-order valence-corrected chi connectivity index (χ0v) is 8.75. The lowest BCUT2D eigenvalue weighted by Gasteiger charge is -2.17. The van der Waals surface area contributed by atoms with Crippen LogP contribution in [0.4, 0.5) is 4.39 Å². The van der Waals surface area contributed by atoms with Gasteiger partial charge in [0.2, 0.25) is 0 Å². The first-order chi connectivity index (χ1) is 7.34. The highest BCUT2D eigenvalue weighted by atomic mass is 19.1. The van der Waals surface area contributed by atoms with E-state index in [1.165, 1.54) is 31.4 Å². The Morgan fingerprint density at radius 3 is 2.73 bits per heavy atom. The van der Waals surface area contributed by atoms with Crippen molar-refractivity contribution in [2.45, 2.75) is 31.8 Å². The topological polar surface area (TPSA) is 12.0 Å². The SMILES string of the molecule is Fc1ccc(CN[C@H]2C=CCCC2)cc1. The van der Waals surface area contributed by atoms with Crippen molar-refractivity contribution in [3.8, 4) is 0 Å². The normalized spacial score (nSPS) is 20.5. The van der Waals surface area contributed by atoms with Crippen LogP contribution >= 0.6 is 0 Å². The van der Waals surface area contributed by atoms with Gasteiger partial charge in [-0.1, -0.05) is 24.3 Å². The van der Waals surface area contributed by atoms with Crippen LogP contribution in [0.25, 0.3) is 0 Å². The van der Waals surface area contributed by atoms with Gasteiger partial charge in [0.05, 0.1) is 0 Å². The molecule has 0 radical (unpaired) electrons. The summed E-state index contributed by atoms with van der Waals surface area (Å²) in [6, 6.07) is 7.16. The van der Waals surface area contributed by atoms with Gasteiger partial charge in [-0.25, -0.2) is 4.39 Å². The molecule has 0 aliphatic heterocycles. The quantitative estimate of drug-likeness (QED) is 0.748. The van der Waals surface area contributed by atoms with Crippen molar-refractivity contribution in [3.05, 3.63) is 47.8 Å². The Hall–Kier alpha value is -1.15. The van der Waals surface area contributed by atoms with Crippen molar-refractivity contribution in [1.82, 2.24) is 5.32 Å². The van der Waals surface area contributed by atoms with Crippen LogP contribution < -0.4 is 5.32 Å². The lowest BCUT2D eigenvalue weighted by Crippen LogP contribution is -2.27. The summed E-state index contributed by atoms with van der Waals surface area (Å²) in [5.74, 6) is -0.170. The summed E-state index contributed by atoms with van der Waals surface area (Å²) >= 11 is 0. The fourth-order valence-corrected chi connectivity index (χ4v) is 1.83. The van der Waals surface area contributed by atoms with E-state index >= 15 is 0 Å². The molecule has 0 amide bonds. The van der Waals surface area contributed by atoms with Gasteiger partial charge in [0.25, 0.3) is 0 Å². The summed E-state index contributed by atoms with van der Waals surface area (Å²) in [5.41, 5.74) is 1.13. The first kappa shape index (κ1) is 10.4. The minimum Gasteiger partial charge on any atom is -0.306 e. The number of allylic oxidation sites excluding steroid dienone is 1. The smallest absolute Gasteiger partial charge is 0.123 e. The number of benzene rings is 1. The van der Waals surface area contributed by atoms with Gasteiger partial charge >= 0.3 is 0 Å². The van der Waals surface area contributed by atoms with E-state index in [9.17, 15) is 4.39 Å². The number of nitrogens with one attached hydrogen (secondary N) is 1. The summed E-state index contributed by atoms with van der Waals surface area (Å²) in [6.07, 6.45) is 8.13. The van der Waals surface area contributed by atoms with Crippen LogP contribution in [0.3, 0.4) is 0 Å². The molecule has 2 heteroatoms. The highest BCUT2D eigenvalue weighted by molar-refractivity contribution is 5.16. The van der Waals surface area contributed by atoms with Gasteiger partial charge in [-0.15, -0.1) is 0 Å². The Morgan fingerprint density at radius 2 is 2.07 bits per heavy atom. The predicted octanol–water partition coefficient (Wildman–Crippen LogP) is 3.02. The molecule has 0 saturated carbocycles. The van der Waals surface area contributed by atoms with E-state index in [4.69, 9.17) is 0 Å². The van der Waals surface area contributed by atoms with Gasteiger partial charge in [0, 0.05) is 12.6 Å². The first-order valence-electron chi connectivity index (χ1n) is 5.49. The largest absolute Gasteiger partial charge is 0.306 e. The van der Waals surface area contributed by atoms with E-state index in [1.807, 2.05) is 12.1 Å². The summed E-state index contributed by atoms with van der Waals surface area (Å²) < 4.78 is 12.7. The molecule has 1 aliphatic rings. The Bertz CT molecular complexity index is 329. The van der Waals surface area contributed by atoms with Gasteiger partial charge in [-0.2, -0.15) is 0 Å². The van der Waals surface area contributed by atoms with E-state index in [-0.39, 0.29) is 5.82 Å². The van der Waals surface area contributed by atoms with E-state index in [0.29, 0.717) is 6.04 Å². The van der Waals surface area contributed by atoms with Crippen molar-refractivity contribution in [2.75, 3.05) is 0 Å². The lowest BCUT2D eigenvalue weighted by atomic mass is 10.0. The number of hydrogen-bond donors (Lipinski definition) is 1. The third-order valence-corrected chi connectivity index (χ3v) is 2.74. The van der Waals surface area contributed by atoms with E-state index in [2.05, 4.69) is 17.5 Å². The molecule has 0 bridgehead atoms. The Labute approximate surface area is 90.0 Å². The average Bonchev–Trinajstić information content (AvgIpc) is 2.30. The zero-order chi connectivity index (χ0) is 10.5. The highest BCUT2D eigenvalue weighted by Crippen LogP contribution is 2.11. The van der Waals surface area contributed by atoms with Gasteiger partial charge in [0.15, 0.2) is 0 Å². The summed E-state index contributed by atoms with van der Waals surface area (Å²) in [5, 5.41) is 3.45. The molecule has 1 N–H and O–H groups in total. The Balaban J connectivity index is 1.84. The summed E-state index contributed by atoms with van der Waals surface area (Å²) in [4.78, 5) is 0. The molecule has 2 rings (SSSR count). The predicted molar refractivity (Wildman–Crippen MR) is 60.0 cm³/mol. The van der Waals surface area contributed by atoms with Crippen molar-refractivity contribution in [2.24, 2.45) is 0 Å². The second kappa shape index (κ2) is 5.08. The lowest BCUT2D eigenvalue weighted by molar-refractivity contribution is 0.522. The zero-order valence-electron chi connectivity index (χ0n) is 8.75. The van der Waals surface area contributed by atoms with Crippen LogP contribution in [0.5, 0.6) is 0 Å². The van der Waals surface area contributed by atoms with E-state index in [0.717, 1.165) is 12.1 Å². The van der Waals surface area contributed by atoms with Crippen LogP contribution in [0, 0.1) is 5.82 Å². The van der Waals surface area contributed by atoms with Gasteiger partial charge in [-0.3, -0.25) is 0 Å². The molecule has 0 aromatic heterocycles. The average molecular weight is 205 g/mol. The van der Waals surface area contributed by atoms with Crippen molar-refractivity contribution in [3.63, 3.8) is 0 Å². The van der Waals surface area contributed by atoms with Crippen molar-refractivity contribution >= 4 is 0 Å².